The smallest absolute Gasteiger partial charge is 0.337 e. The molecule has 0 aliphatic heterocycles. The zero-order valence-electron chi connectivity index (χ0n) is 14.9. The molecule has 0 bridgehead atoms. The van der Waals surface area contributed by atoms with Crippen LogP contribution in [-0.4, -0.2) is 48.2 Å². The zero-order chi connectivity index (χ0) is 17.8. The van der Waals surface area contributed by atoms with Gasteiger partial charge in [0.2, 0.25) is 0 Å². The van der Waals surface area contributed by atoms with Crippen LogP contribution in [0, 0.1) is 0 Å². The predicted octanol–water partition coefficient (Wildman–Crippen LogP) is 3.31. The molecule has 0 aliphatic rings. The second-order valence-corrected chi connectivity index (χ2v) is 6.38. The molecule has 0 saturated heterocycles. The van der Waals surface area contributed by atoms with E-state index in [1.54, 1.807) is 12.4 Å². The third-order valence-electron chi connectivity index (χ3n) is 4.25. The Hall–Kier alpha value is -2.66. The van der Waals surface area contributed by atoms with Gasteiger partial charge in [0.15, 0.2) is 0 Å². The first-order valence-electron chi connectivity index (χ1n) is 8.38. The lowest BCUT2D eigenvalue weighted by molar-refractivity contribution is 0.0601. The van der Waals surface area contributed by atoms with Gasteiger partial charge < -0.3 is 9.64 Å². The van der Waals surface area contributed by atoms with Crippen LogP contribution in [0.5, 0.6) is 0 Å². The molecule has 0 saturated carbocycles. The van der Waals surface area contributed by atoms with E-state index < -0.39 is 0 Å². The minimum atomic E-state index is -0.342. The van der Waals surface area contributed by atoms with Gasteiger partial charge in [-0.25, -0.2) is 9.78 Å². The number of esters is 1. The van der Waals surface area contributed by atoms with Crippen molar-refractivity contribution in [3.8, 4) is 5.69 Å². The van der Waals surface area contributed by atoms with Gasteiger partial charge in [-0.1, -0.05) is 12.1 Å². The summed E-state index contributed by atoms with van der Waals surface area (Å²) in [5.74, 6) is -0.342. The van der Waals surface area contributed by atoms with Crippen LogP contribution in [0.25, 0.3) is 16.7 Å². The van der Waals surface area contributed by atoms with E-state index in [2.05, 4.69) is 48.2 Å². The van der Waals surface area contributed by atoms with Crippen LogP contribution in [0.1, 0.15) is 22.3 Å². The Bertz CT molecular complexity index is 866. The molecule has 1 heterocycles. The lowest BCUT2D eigenvalue weighted by Gasteiger charge is -2.10. The number of nitrogens with zero attached hydrogens (tertiary/aromatic N) is 3. The molecule has 0 radical (unpaired) electrons. The normalized spacial score (nSPS) is 11.2. The monoisotopic (exact) mass is 337 g/mol. The third-order valence-corrected chi connectivity index (χ3v) is 4.25. The molecule has 5 nitrogen and oxygen atoms in total. The highest BCUT2D eigenvalue weighted by atomic mass is 16.5. The van der Waals surface area contributed by atoms with E-state index in [9.17, 15) is 4.79 Å². The average molecular weight is 337 g/mol. The quantitative estimate of drug-likeness (QED) is 0.648. The van der Waals surface area contributed by atoms with Gasteiger partial charge in [0, 0.05) is 5.69 Å². The van der Waals surface area contributed by atoms with Crippen molar-refractivity contribution in [2.75, 3.05) is 27.7 Å². The van der Waals surface area contributed by atoms with Crippen molar-refractivity contribution in [1.82, 2.24) is 14.5 Å². The second kappa shape index (κ2) is 7.49. The maximum Gasteiger partial charge on any atom is 0.337 e. The summed E-state index contributed by atoms with van der Waals surface area (Å²) in [5, 5.41) is 0. The molecule has 0 spiro atoms. The van der Waals surface area contributed by atoms with Crippen LogP contribution in [0.4, 0.5) is 0 Å². The van der Waals surface area contributed by atoms with Gasteiger partial charge >= 0.3 is 5.97 Å². The fourth-order valence-electron chi connectivity index (χ4n) is 2.88. The molecule has 130 valence electrons. The maximum atomic E-state index is 11.8. The molecule has 0 amide bonds. The van der Waals surface area contributed by atoms with Crippen LogP contribution >= 0.6 is 0 Å². The Morgan fingerprint density at radius 1 is 1.16 bits per heavy atom. The Balaban J connectivity index is 1.84. The number of aryl methyl sites for hydroxylation is 1. The van der Waals surface area contributed by atoms with Crippen LogP contribution in [-0.2, 0) is 11.2 Å². The molecule has 0 atom stereocenters. The van der Waals surface area contributed by atoms with Gasteiger partial charge in [-0.3, -0.25) is 4.57 Å². The number of imidazole rings is 1. The van der Waals surface area contributed by atoms with Gasteiger partial charge in [0.05, 0.1) is 23.7 Å². The largest absolute Gasteiger partial charge is 0.465 e. The lowest BCUT2D eigenvalue weighted by atomic mass is 10.1. The highest BCUT2D eigenvalue weighted by Gasteiger charge is 2.10. The van der Waals surface area contributed by atoms with Crippen LogP contribution < -0.4 is 0 Å². The Morgan fingerprint density at radius 2 is 1.92 bits per heavy atom. The SMILES string of the molecule is COC(=O)c1ccc2ncn(-c3ccc(CCCN(C)C)cc3)c2c1. The summed E-state index contributed by atoms with van der Waals surface area (Å²) in [6.45, 7) is 1.09. The zero-order valence-corrected chi connectivity index (χ0v) is 14.9. The predicted molar refractivity (Wildman–Crippen MR) is 99.3 cm³/mol. The molecule has 3 rings (SSSR count). The molecule has 2 aromatic carbocycles. The van der Waals surface area contributed by atoms with Gasteiger partial charge in [0.1, 0.15) is 6.33 Å². The van der Waals surface area contributed by atoms with Crippen LogP contribution in [0.3, 0.4) is 0 Å². The molecule has 0 unspecified atom stereocenters. The van der Waals surface area contributed by atoms with Crippen molar-refractivity contribution >= 4 is 17.0 Å². The average Bonchev–Trinajstić information content (AvgIpc) is 3.04. The highest BCUT2D eigenvalue weighted by molar-refractivity contribution is 5.94. The molecule has 1 aromatic heterocycles. The van der Waals surface area contributed by atoms with Gasteiger partial charge in [-0.2, -0.15) is 0 Å². The summed E-state index contributed by atoms with van der Waals surface area (Å²) >= 11 is 0. The standard InChI is InChI=1S/C20H23N3O2/c1-22(2)12-4-5-15-6-9-17(10-7-15)23-14-21-18-11-8-16(13-19(18)23)20(24)25-3/h6-11,13-14H,4-5,12H2,1-3H3. The Labute approximate surface area is 147 Å². The van der Waals surface area contributed by atoms with Crippen molar-refractivity contribution in [1.29, 1.82) is 0 Å². The van der Waals surface area contributed by atoms with Crippen molar-refractivity contribution in [3.63, 3.8) is 0 Å². The number of rotatable bonds is 6. The van der Waals surface area contributed by atoms with Crippen molar-refractivity contribution in [3.05, 3.63) is 59.9 Å². The van der Waals surface area contributed by atoms with Crippen molar-refractivity contribution in [2.45, 2.75) is 12.8 Å². The topological polar surface area (TPSA) is 47.4 Å². The van der Waals surface area contributed by atoms with Crippen molar-refractivity contribution in [2.24, 2.45) is 0 Å². The van der Waals surface area contributed by atoms with E-state index >= 15 is 0 Å². The molecular formula is C20H23N3O2. The van der Waals surface area contributed by atoms with Gasteiger partial charge in [-0.15, -0.1) is 0 Å². The molecule has 5 heteroatoms. The van der Waals surface area contributed by atoms with Crippen LogP contribution in [0.15, 0.2) is 48.8 Å². The van der Waals surface area contributed by atoms with E-state index in [4.69, 9.17) is 4.74 Å². The van der Waals surface area contributed by atoms with E-state index in [-0.39, 0.29) is 5.97 Å². The Morgan fingerprint density at radius 3 is 2.60 bits per heavy atom. The number of carbonyl (C=O) groups is 1. The molecular weight excluding hydrogens is 314 g/mol. The fraction of sp³-hybridized carbons (Fsp3) is 0.300. The minimum absolute atomic E-state index is 0.342. The molecule has 0 aliphatic carbocycles. The van der Waals surface area contributed by atoms with Gasteiger partial charge in [-0.05, 0) is 69.4 Å². The number of benzene rings is 2. The first-order chi connectivity index (χ1) is 12.1. The number of carbonyl (C=O) groups excluding carboxylic acids is 1. The van der Waals surface area contributed by atoms with E-state index in [0.717, 1.165) is 36.1 Å². The first kappa shape index (κ1) is 17.2. The second-order valence-electron chi connectivity index (χ2n) is 6.38. The summed E-state index contributed by atoms with van der Waals surface area (Å²) in [7, 11) is 5.57. The van der Waals surface area contributed by atoms with E-state index in [1.807, 2.05) is 16.7 Å². The fourth-order valence-corrected chi connectivity index (χ4v) is 2.88. The number of aromatic nitrogens is 2. The molecule has 3 aromatic rings. The minimum Gasteiger partial charge on any atom is -0.465 e. The lowest BCUT2D eigenvalue weighted by Crippen LogP contribution is -2.13. The summed E-state index contributed by atoms with van der Waals surface area (Å²) in [6, 6.07) is 13.9. The Kier molecular flexibility index (Phi) is 5.14. The first-order valence-corrected chi connectivity index (χ1v) is 8.38. The van der Waals surface area contributed by atoms with Gasteiger partial charge in [0.25, 0.3) is 0 Å². The molecule has 25 heavy (non-hydrogen) atoms. The number of ether oxygens (including phenoxy) is 1. The van der Waals surface area contributed by atoms with Crippen molar-refractivity contribution < 1.29 is 9.53 Å². The summed E-state index contributed by atoms with van der Waals surface area (Å²) in [6.07, 6.45) is 3.99. The summed E-state index contributed by atoms with van der Waals surface area (Å²) in [4.78, 5) is 18.4. The molecule has 0 fully saturated rings. The van der Waals surface area contributed by atoms with E-state index in [1.165, 1.54) is 12.7 Å². The number of methoxy groups -OCH3 is 1. The number of hydrogen-bond donors (Lipinski definition) is 0. The van der Waals surface area contributed by atoms with E-state index in [0.29, 0.717) is 5.56 Å². The number of hydrogen-bond acceptors (Lipinski definition) is 4. The maximum absolute atomic E-state index is 11.8. The highest BCUT2D eigenvalue weighted by Crippen LogP contribution is 2.20. The summed E-state index contributed by atoms with van der Waals surface area (Å²) in [5.41, 5.74) is 4.62. The summed E-state index contributed by atoms with van der Waals surface area (Å²) < 4.78 is 6.80. The number of fused-ring (bicyclic) bond motifs is 1. The molecule has 0 N–H and O–H groups in total. The van der Waals surface area contributed by atoms with Crippen LogP contribution in [0.2, 0.25) is 0 Å². The third kappa shape index (κ3) is 3.88.